The van der Waals surface area contributed by atoms with E-state index in [-0.39, 0.29) is 17.4 Å². The largest absolute Gasteiger partial charge is 0.503 e. The molecule has 0 spiro atoms. The van der Waals surface area contributed by atoms with Gasteiger partial charge in [0, 0.05) is 12.3 Å². The van der Waals surface area contributed by atoms with Crippen molar-refractivity contribution in [2.75, 3.05) is 0 Å². The Bertz CT molecular complexity index is 476. The zero-order chi connectivity index (χ0) is 13.2. The predicted octanol–water partition coefficient (Wildman–Crippen LogP) is 1.53. The average molecular weight is 239 g/mol. The number of carboxylic acid groups (broad SMARTS) is 1. The van der Waals surface area contributed by atoms with Gasteiger partial charge in [-0.1, -0.05) is 13.8 Å². The molecule has 0 fully saturated rings. The molecule has 5 heteroatoms. The number of aromatic nitrogens is 1. The van der Waals surface area contributed by atoms with Gasteiger partial charge < -0.3 is 14.8 Å². The molecule has 0 saturated heterocycles. The van der Waals surface area contributed by atoms with Crippen molar-refractivity contribution >= 4 is 5.97 Å². The van der Waals surface area contributed by atoms with Crippen LogP contribution in [-0.2, 0) is 4.79 Å². The van der Waals surface area contributed by atoms with Crippen molar-refractivity contribution in [3.05, 3.63) is 28.2 Å². The van der Waals surface area contributed by atoms with Crippen LogP contribution >= 0.6 is 0 Å². The Hall–Kier alpha value is -1.78. The van der Waals surface area contributed by atoms with E-state index < -0.39 is 17.4 Å². The Labute approximate surface area is 99.3 Å². The van der Waals surface area contributed by atoms with Crippen LogP contribution in [0.3, 0.4) is 0 Å². The minimum absolute atomic E-state index is 0.206. The molecule has 0 aliphatic heterocycles. The maximum atomic E-state index is 11.2. The van der Waals surface area contributed by atoms with Gasteiger partial charge in [-0.25, -0.2) is 4.79 Å². The summed E-state index contributed by atoms with van der Waals surface area (Å²) in [6.07, 6.45) is 1.86. The number of aromatic hydroxyl groups is 1. The van der Waals surface area contributed by atoms with Crippen LogP contribution in [0.5, 0.6) is 5.75 Å². The third kappa shape index (κ3) is 2.87. The monoisotopic (exact) mass is 239 g/mol. The lowest BCUT2D eigenvalue weighted by molar-refractivity contribution is -0.141. The first-order valence-electron chi connectivity index (χ1n) is 5.48. The van der Waals surface area contributed by atoms with E-state index in [0.29, 0.717) is 6.42 Å². The number of pyridine rings is 1. The maximum Gasteiger partial charge on any atom is 0.326 e. The first kappa shape index (κ1) is 13.3. The summed E-state index contributed by atoms with van der Waals surface area (Å²) in [6.45, 7) is 5.38. The van der Waals surface area contributed by atoms with E-state index in [4.69, 9.17) is 0 Å². The van der Waals surface area contributed by atoms with Crippen molar-refractivity contribution in [1.29, 1.82) is 0 Å². The number of aliphatic carboxylic acids is 1. The number of rotatable bonds is 4. The van der Waals surface area contributed by atoms with Crippen LogP contribution in [-0.4, -0.2) is 20.7 Å². The van der Waals surface area contributed by atoms with Crippen LogP contribution in [0.1, 0.15) is 32.0 Å². The van der Waals surface area contributed by atoms with Crippen LogP contribution in [0, 0.1) is 12.8 Å². The van der Waals surface area contributed by atoms with Crippen molar-refractivity contribution in [3.63, 3.8) is 0 Å². The Kier molecular flexibility index (Phi) is 3.93. The van der Waals surface area contributed by atoms with Gasteiger partial charge >= 0.3 is 5.97 Å². The van der Waals surface area contributed by atoms with Crippen molar-refractivity contribution < 1.29 is 15.0 Å². The van der Waals surface area contributed by atoms with Gasteiger partial charge in [0.15, 0.2) is 5.75 Å². The molecule has 0 radical (unpaired) electrons. The summed E-state index contributed by atoms with van der Waals surface area (Å²) in [4.78, 5) is 22.4. The fourth-order valence-corrected chi connectivity index (χ4v) is 1.76. The van der Waals surface area contributed by atoms with Crippen molar-refractivity contribution in [3.8, 4) is 5.75 Å². The average Bonchev–Trinajstić information content (AvgIpc) is 2.23. The highest BCUT2D eigenvalue weighted by atomic mass is 16.4. The topological polar surface area (TPSA) is 79.5 Å². The molecular weight excluding hydrogens is 222 g/mol. The zero-order valence-corrected chi connectivity index (χ0v) is 10.2. The maximum absolute atomic E-state index is 11.2. The zero-order valence-electron chi connectivity index (χ0n) is 10.2. The number of hydrogen-bond donors (Lipinski definition) is 2. The normalized spacial score (nSPS) is 12.7. The van der Waals surface area contributed by atoms with Gasteiger partial charge in [-0.15, -0.1) is 0 Å². The second-order valence-corrected chi connectivity index (χ2v) is 4.50. The van der Waals surface area contributed by atoms with Crippen LogP contribution in [0.2, 0.25) is 0 Å². The van der Waals surface area contributed by atoms with Gasteiger partial charge in [0.2, 0.25) is 5.43 Å². The molecule has 0 amide bonds. The third-order valence-corrected chi connectivity index (χ3v) is 2.67. The standard InChI is InChI=1S/C12H17NO4/c1-7(2)6-9(12(16)17)13-5-4-10(14)11(15)8(13)3/h4-5,7,9,15H,6H2,1-3H3,(H,16,17)/t9-/m0/s1. The van der Waals surface area contributed by atoms with Gasteiger partial charge in [0.1, 0.15) is 6.04 Å². The van der Waals surface area contributed by atoms with E-state index >= 15 is 0 Å². The lowest BCUT2D eigenvalue weighted by atomic mass is 10.0. The molecule has 5 nitrogen and oxygen atoms in total. The second-order valence-electron chi connectivity index (χ2n) is 4.50. The van der Waals surface area contributed by atoms with Gasteiger partial charge in [0.25, 0.3) is 0 Å². The third-order valence-electron chi connectivity index (χ3n) is 2.67. The lowest BCUT2D eigenvalue weighted by Crippen LogP contribution is -2.24. The molecule has 1 aromatic rings. The molecule has 0 unspecified atom stereocenters. The molecule has 0 aliphatic rings. The van der Waals surface area contributed by atoms with Gasteiger partial charge in [0.05, 0.1) is 5.69 Å². The molecule has 94 valence electrons. The number of nitrogens with zero attached hydrogens (tertiary/aromatic N) is 1. The fourth-order valence-electron chi connectivity index (χ4n) is 1.76. The highest BCUT2D eigenvalue weighted by Gasteiger charge is 2.22. The second kappa shape index (κ2) is 5.03. The predicted molar refractivity (Wildman–Crippen MR) is 63.2 cm³/mol. The van der Waals surface area contributed by atoms with Crippen molar-refractivity contribution in [1.82, 2.24) is 4.57 Å². The van der Waals surface area contributed by atoms with Crippen LogP contribution < -0.4 is 5.43 Å². The van der Waals surface area contributed by atoms with E-state index in [0.717, 1.165) is 0 Å². The summed E-state index contributed by atoms with van der Waals surface area (Å²) < 4.78 is 1.43. The smallest absolute Gasteiger partial charge is 0.326 e. The van der Waals surface area contributed by atoms with E-state index in [1.54, 1.807) is 0 Å². The molecule has 1 aromatic heterocycles. The summed E-state index contributed by atoms with van der Waals surface area (Å²) in [5.41, 5.74) is -0.210. The number of carbonyl (C=O) groups is 1. The highest BCUT2D eigenvalue weighted by Crippen LogP contribution is 2.22. The molecule has 0 bridgehead atoms. The molecule has 0 aromatic carbocycles. The Morgan fingerprint density at radius 1 is 1.47 bits per heavy atom. The SMILES string of the molecule is Cc1c(O)c(=O)ccn1[C@@H](CC(C)C)C(=O)O. The van der Waals surface area contributed by atoms with Gasteiger partial charge in [-0.3, -0.25) is 4.79 Å². The summed E-state index contributed by atoms with van der Waals surface area (Å²) in [6, 6.07) is 0.417. The van der Waals surface area contributed by atoms with Gasteiger partial charge in [-0.05, 0) is 19.3 Å². The van der Waals surface area contributed by atoms with Crippen molar-refractivity contribution in [2.24, 2.45) is 5.92 Å². The Morgan fingerprint density at radius 3 is 2.53 bits per heavy atom. The molecule has 1 rings (SSSR count). The van der Waals surface area contributed by atoms with E-state index in [9.17, 15) is 19.8 Å². The van der Waals surface area contributed by atoms with Crippen molar-refractivity contribution in [2.45, 2.75) is 33.2 Å². The minimum atomic E-state index is -0.968. The number of carboxylic acids is 1. The molecule has 0 saturated carbocycles. The van der Waals surface area contributed by atoms with E-state index in [1.165, 1.54) is 23.8 Å². The summed E-state index contributed by atoms with van der Waals surface area (Å²) >= 11 is 0. The minimum Gasteiger partial charge on any atom is -0.503 e. The summed E-state index contributed by atoms with van der Waals surface area (Å²) in [7, 11) is 0. The van der Waals surface area contributed by atoms with Crippen LogP contribution in [0.4, 0.5) is 0 Å². The molecule has 2 N–H and O–H groups in total. The Morgan fingerprint density at radius 2 is 2.06 bits per heavy atom. The molecule has 0 aliphatic carbocycles. The van der Waals surface area contributed by atoms with E-state index in [2.05, 4.69) is 0 Å². The summed E-state index contributed by atoms with van der Waals surface area (Å²) in [5.74, 6) is -1.15. The Balaban J connectivity index is 3.24. The van der Waals surface area contributed by atoms with E-state index in [1.807, 2.05) is 13.8 Å². The molecule has 17 heavy (non-hydrogen) atoms. The summed E-state index contributed by atoms with van der Waals surface area (Å²) in [5, 5.41) is 18.7. The van der Waals surface area contributed by atoms with Gasteiger partial charge in [-0.2, -0.15) is 0 Å². The quantitative estimate of drug-likeness (QED) is 0.835. The fraction of sp³-hybridized carbons (Fsp3) is 0.500. The lowest BCUT2D eigenvalue weighted by Gasteiger charge is -2.21. The molecule has 1 atom stereocenters. The van der Waals surface area contributed by atoms with Crippen LogP contribution in [0.25, 0.3) is 0 Å². The van der Waals surface area contributed by atoms with Crippen LogP contribution in [0.15, 0.2) is 17.1 Å². The first-order chi connectivity index (χ1) is 7.84. The number of hydrogen-bond acceptors (Lipinski definition) is 3. The highest BCUT2D eigenvalue weighted by molar-refractivity contribution is 5.72. The first-order valence-corrected chi connectivity index (χ1v) is 5.48. The molecular formula is C12H17NO4. The molecule has 1 heterocycles.